The van der Waals surface area contributed by atoms with E-state index in [0.29, 0.717) is 6.42 Å². The first-order valence-electron chi connectivity index (χ1n) is 8.92. The third kappa shape index (κ3) is 3.21. The zero-order chi connectivity index (χ0) is 17.0. The summed E-state index contributed by atoms with van der Waals surface area (Å²) in [4.78, 5) is 0. The average Bonchev–Trinajstić information content (AvgIpc) is 2.63. The topological polar surface area (TPSA) is 0 Å². The summed E-state index contributed by atoms with van der Waals surface area (Å²) in [6.45, 7) is 4.30. The molecule has 0 heterocycles. The minimum absolute atomic E-state index is 0.390. The summed E-state index contributed by atoms with van der Waals surface area (Å²) in [5, 5.41) is 0. The van der Waals surface area contributed by atoms with Gasteiger partial charge < -0.3 is 0 Å². The molecular formula is C23H25F. The number of hydrogen-bond acceptors (Lipinski definition) is 0. The van der Waals surface area contributed by atoms with E-state index in [2.05, 4.69) is 38.1 Å². The van der Waals surface area contributed by atoms with Crippen molar-refractivity contribution in [3.8, 4) is 0 Å². The van der Waals surface area contributed by atoms with E-state index in [1.54, 1.807) is 0 Å². The van der Waals surface area contributed by atoms with Gasteiger partial charge >= 0.3 is 0 Å². The fourth-order valence-corrected chi connectivity index (χ4v) is 3.38. The van der Waals surface area contributed by atoms with Crippen molar-refractivity contribution >= 4 is 5.57 Å². The number of alkyl halides is 1. The van der Waals surface area contributed by atoms with Gasteiger partial charge in [0.2, 0.25) is 0 Å². The smallest absolute Gasteiger partial charge is 0.165 e. The fraction of sp³-hybridized carbons (Fsp3) is 0.304. The van der Waals surface area contributed by atoms with Crippen LogP contribution in [-0.2, 0) is 18.5 Å². The van der Waals surface area contributed by atoms with E-state index in [4.69, 9.17) is 0 Å². The summed E-state index contributed by atoms with van der Waals surface area (Å²) in [6, 6.07) is 16.3. The molecule has 0 fully saturated rings. The first-order chi connectivity index (χ1) is 11.7. The van der Waals surface area contributed by atoms with Gasteiger partial charge in [0.25, 0.3) is 0 Å². The van der Waals surface area contributed by atoms with E-state index < -0.39 is 5.67 Å². The van der Waals surface area contributed by atoms with Crippen LogP contribution in [-0.4, -0.2) is 0 Å². The number of aryl methyl sites for hydroxylation is 2. The molecule has 0 N–H and O–H groups in total. The van der Waals surface area contributed by atoms with Crippen LogP contribution in [0, 0.1) is 0 Å². The van der Waals surface area contributed by atoms with Crippen LogP contribution >= 0.6 is 0 Å². The van der Waals surface area contributed by atoms with Crippen LogP contribution < -0.4 is 0 Å². The molecule has 0 radical (unpaired) electrons. The van der Waals surface area contributed by atoms with Crippen molar-refractivity contribution in [1.29, 1.82) is 0 Å². The second kappa shape index (κ2) is 7.17. The van der Waals surface area contributed by atoms with Crippen molar-refractivity contribution in [2.45, 2.75) is 45.2 Å². The standard InChI is InChI=1S/C23H25F/c1-3-7-19-11-15-21(16-12-19)23(24)17-6-5-8-22(23)20-13-9-18(4-2)10-14-20/h5-6,8-16H,3-4,7,17H2,1-2H3. The fourth-order valence-electron chi connectivity index (χ4n) is 3.38. The van der Waals surface area contributed by atoms with Gasteiger partial charge in [-0.05, 0) is 35.1 Å². The molecule has 1 heteroatoms. The molecule has 124 valence electrons. The van der Waals surface area contributed by atoms with Crippen molar-refractivity contribution in [1.82, 2.24) is 0 Å². The van der Waals surface area contributed by atoms with Crippen LogP contribution in [0.4, 0.5) is 4.39 Å². The van der Waals surface area contributed by atoms with Crippen molar-refractivity contribution in [3.05, 3.63) is 89.0 Å². The normalized spacial score (nSPS) is 20.0. The van der Waals surface area contributed by atoms with Crippen molar-refractivity contribution in [3.63, 3.8) is 0 Å². The maximum absolute atomic E-state index is 16.0. The summed E-state index contributed by atoms with van der Waals surface area (Å²) in [5.41, 5.74) is 3.57. The second-order valence-corrected chi connectivity index (χ2v) is 6.51. The van der Waals surface area contributed by atoms with Gasteiger partial charge in [0.15, 0.2) is 5.67 Å². The molecule has 0 aromatic heterocycles. The lowest BCUT2D eigenvalue weighted by Crippen LogP contribution is -2.23. The van der Waals surface area contributed by atoms with E-state index in [0.717, 1.165) is 36.0 Å². The highest BCUT2D eigenvalue weighted by Gasteiger charge is 2.37. The number of benzene rings is 2. The summed E-state index contributed by atoms with van der Waals surface area (Å²) < 4.78 is 16.0. The van der Waals surface area contributed by atoms with Crippen LogP contribution in [0.5, 0.6) is 0 Å². The summed E-state index contributed by atoms with van der Waals surface area (Å²) in [7, 11) is 0. The lowest BCUT2D eigenvalue weighted by Gasteiger charge is -2.30. The minimum Gasteiger partial charge on any atom is -0.233 e. The Hall–Kier alpha value is -2.15. The maximum atomic E-state index is 16.0. The monoisotopic (exact) mass is 320 g/mol. The quantitative estimate of drug-likeness (QED) is 0.597. The van der Waals surface area contributed by atoms with Gasteiger partial charge in [-0.15, -0.1) is 0 Å². The Balaban J connectivity index is 1.97. The summed E-state index contributed by atoms with van der Waals surface area (Å²) >= 11 is 0. The van der Waals surface area contributed by atoms with E-state index in [9.17, 15) is 0 Å². The largest absolute Gasteiger partial charge is 0.233 e. The van der Waals surface area contributed by atoms with Crippen LogP contribution in [0.3, 0.4) is 0 Å². The average molecular weight is 320 g/mol. The zero-order valence-corrected chi connectivity index (χ0v) is 14.6. The maximum Gasteiger partial charge on any atom is 0.165 e. The molecule has 1 aliphatic rings. The molecule has 3 rings (SSSR count). The zero-order valence-electron chi connectivity index (χ0n) is 14.6. The molecule has 0 aliphatic heterocycles. The lowest BCUT2D eigenvalue weighted by atomic mass is 9.78. The molecule has 2 aromatic rings. The molecule has 0 amide bonds. The van der Waals surface area contributed by atoms with Crippen molar-refractivity contribution in [2.75, 3.05) is 0 Å². The molecule has 1 unspecified atom stereocenters. The van der Waals surface area contributed by atoms with Gasteiger partial charge in [0.05, 0.1) is 0 Å². The van der Waals surface area contributed by atoms with Gasteiger partial charge in [0, 0.05) is 12.0 Å². The lowest BCUT2D eigenvalue weighted by molar-refractivity contribution is 0.249. The Morgan fingerprint density at radius 3 is 2.21 bits per heavy atom. The molecular weight excluding hydrogens is 295 g/mol. The van der Waals surface area contributed by atoms with Crippen LogP contribution in [0.1, 0.15) is 48.9 Å². The molecule has 2 aromatic carbocycles. The molecule has 0 saturated carbocycles. The van der Waals surface area contributed by atoms with E-state index in [1.165, 1.54) is 11.1 Å². The Labute approximate surface area is 144 Å². The summed E-state index contributed by atoms with van der Waals surface area (Å²) in [6.07, 6.45) is 9.35. The predicted molar refractivity (Wildman–Crippen MR) is 101 cm³/mol. The minimum atomic E-state index is -1.45. The second-order valence-electron chi connectivity index (χ2n) is 6.51. The molecule has 0 bridgehead atoms. The number of rotatable bonds is 5. The Kier molecular flexibility index (Phi) is 4.99. The SMILES string of the molecule is CCCc1ccc(C2(F)CC=CC=C2c2ccc(CC)cc2)cc1. The van der Waals surface area contributed by atoms with Crippen molar-refractivity contribution < 1.29 is 4.39 Å². The van der Waals surface area contributed by atoms with Crippen LogP contribution in [0.25, 0.3) is 5.57 Å². The highest BCUT2D eigenvalue weighted by Crippen LogP contribution is 2.45. The third-order valence-corrected chi connectivity index (χ3v) is 4.85. The molecule has 0 nitrogen and oxygen atoms in total. The summed E-state index contributed by atoms with van der Waals surface area (Å²) in [5.74, 6) is 0. The molecule has 1 atom stereocenters. The number of halogens is 1. The molecule has 0 spiro atoms. The van der Waals surface area contributed by atoms with E-state index in [-0.39, 0.29) is 0 Å². The highest BCUT2D eigenvalue weighted by molar-refractivity contribution is 5.76. The van der Waals surface area contributed by atoms with Gasteiger partial charge in [-0.1, -0.05) is 87.0 Å². The molecule has 24 heavy (non-hydrogen) atoms. The van der Waals surface area contributed by atoms with E-state index in [1.807, 2.05) is 42.5 Å². The third-order valence-electron chi connectivity index (χ3n) is 4.85. The van der Waals surface area contributed by atoms with Crippen LogP contribution in [0.15, 0.2) is 66.8 Å². The van der Waals surface area contributed by atoms with Crippen molar-refractivity contribution in [2.24, 2.45) is 0 Å². The first kappa shape index (κ1) is 16.7. The van der Waals surface area contributed by atoms with Gasteiger partial charge in [-0.3, -0.25) is 0 Å². The predicted octanol–water partition coefficient (Wildman–Crippen LogP) is 6.41. The molecule has 1 aliphatic carbocycles. The van der Waals surface area contributed by atoms with Crippen LogP contribution in [0.2, 0.25) is 0 Å². The van der Waals surface area contributed by atoms with Gasteiger partial charge in [-0.2, -0.15) is 0 Å². The van der Waals surface area contributed by atoms with Gasteiger partial charge in [0.1, 0.15) is 0 Å². The van der Waals surface area contributed by atoms with E-state index >= 15 is 4.39 Å². The Morgan fingerprint density at radius 1 is 0.917 bits per heavy atom. The number of allylic oxidation sites excluding steroid dienone is 4. The van der Waals surface area contributed by atoms with Gasteiger partial charge in [-0.25, -0.2) is 4.39 Å². The number of hydrogen-bond donors (Lipinski definition) is 0. The Bertz CT molecular complexity index is 735. The highest BCUT2D eigenvalue weighted by atomic mass is 19.1. The first-order valence-corrected chi connectivity index (χ1v) is 8.92. The molecule has 0 saturated heterocycles. The Morgan fingerprint density at radius 2 is 1.58 bits per heavy atom.